The highest BCUT2D eigenvalue weighted by Gasteiger charge is 2.18. The molecule has 7 heteroatoms. The van der Waals surface area contributed by atoms with Crippen molar-refractivity contribution in [3.05, 3.63) is 11.9 Å². The minimum absolute atomic E-state index is 0.149. The number of rotatable bonds is 6. The van der Waals surface area contributed by atoms with Gasteiger partial charge in [0.05, 0.1) is 11.2 Å². The standard InChI is InChI=1S/C10H17N5OS/c1-7(2)6-15(4-3-9(11)17)10(16)8-5-12-14-13-8/h5,7H,3-4,6H2,1-2H3,(H2,11,17)(H,12,13,14). The molecule has 0 fully saturated rings. The summed E-state index contributed by atoms with van der Waals surface area (Å²) in [6.07, 6.45) is 1.93. The Bertz CT molecular complexity index is 376. The van der Waals surface area contributed by atoms with Crippen molar-refractivity contribution in [3.63, 3.8) is 0 Å². The molecule has 0 aromatic carbocycles. The van der Waals surface area contributed by atoms with E-state index in [2.05, 4.69) is 15.4 Å². The number of H-pyrrole nitrogens is 1. The van der Waals surface area contributed by atoms with Crippen LogP contribution in [0.3, 0.4) is 0 Å². The molecular formula is C10H17N5OS. The van der Waals surface area contributed by atoms with Gasteiger partial charge in [0, 0.05) is 19.5 Å². The van der Waals surface area contributed by atoms with Gasteiger partial charge in [-0.25, -0.2) is 0 Å². The van der Waals surface area contributed by atoms with Crippen LogP contribution in [0.15, 0.2) is 6.20 Å². The molecule has 6 nitrogen and oxygen atoms in total. The summed E-state index contributed by atoms with van der Waals surface area (Å²) in [6, 6.07) is 0. The SMILES string of the molecule is CC(C)CN(CCC(N)=S)C(=O)c1cn[nH]n1. The Morgan fingerprint density at radius 1 is 1.65 bits per heavy atom. The first kappa shape index (κ1) is 13.6. The van der Waals surface area contributed by atoms with Crippen molar-refractivity contribution < 1.29 is 4.79 Å². The molecule has 0 aliphatic carbocycles. The second-order valence-corrected chi connectivity index (χ2v) is 4.74. The summed E-state index contributed by atoms with van der Waals surface area (Å²) in [4.78, 5) is 14.2. The van der Waals surface area contributed by atoms with E-state index in [4.69, 9.17) is 18.0 Å². The van der Waals surface area contributed by atoms with Crippen molar-refractivity contribution in [1.29, 1.82) is 0 Å². The second kappa shape index (κ2) is 6.29. The fourth-order valence-electron chi connectivity index (χ4n) is 1.43. The zero-order chi connectivity index (χ0) is 12.8. The van der Waals surface area contributed by atoms with Gasteiger partial charge in [0.15, 0.2) is 5.69 Å². The van der Waals surface area contributed by atoms with Crippen molar-refractivity contribution in [2.75, 3.05) is 13.1 Å². The predicted octanol–water partition coefficient (Wildman–Crippen LogP) is 0.579. The lowest BCUT2D eigenvalue weighted by Crippen LogP contribution is -2.36. The first-order valence-electron chi connectivity index (χ1n) is 5.44. The molecule has 1 rings (SSSR count). The molecular weight excluding hydrogens is 238 g/mol. The predicted molar refractivity (Wildman–Crippen MR) is 68.5 cm³/mol. The van der Waals surface area contributed by atoms with E-state index in [-0.39, 0.29) is 5.91 Å². The molecule has 0 bridgehead atoms. The van der Waals surface area contributed by atoms with Crippen LogP contribution in [0.2, 0.25) is 0 Å². The Hall–Kier alpha value is -1.50. The number of aromatic amines is 1. The van der Waals surface area contributed by atoms with Gasteiger partial charge in [-0.2, -0.15) is 15.4 Å². The lowest BCUT2D eigenvalue weighted by Gasteiger charge is -2.23. The van der Waals surface area contributed by atoms with Crippen LogP contribution in [-0.2, 0) is 0 Å². The molecule has 0 saturated heterocycles. The number of amides is 1. The fraction of sp³-hybridized carbons (Fsp3) is 0.600. The molecule has 0 saturated carbocycles. The van der Waals surface area contributed by atoms with E-state index in [9.17, 15) is 4.79 Å². The molecule has 1 amide bonds. The molecule has 0 spiro atoms. The highest BCUT2D eigenvalue weighted by atomic mass is 32.1. The number of hydrogen-bond acceptors (Lipinski definition) is 4. The van der Waals surface area contributed by atoms with E-state index in [0.717, 1.165) is 0 Å². The van der Waals surface area contributed by atoms with Crippen molar-refractivity contribution in [2.24, 2.45) is 11.7 Å². The Kier molecular flexibility index (Phi) is 5.02. The van der Waals surface area contributed by atoms with Crippen LogP contribution in [-0.4, -0.2) is 44.3 Å². The Balaban J connectivity index is 2.68. The van der Waals surface area contributed by atoms with E-state index >= 15 is 0 Å². The van der Waals surface area contributed by atoms with Crippen molar-refractivity contribution in [2.45, 2.75) is 20.3 Å². The maximum atomic E-state index is 12.1. The van der Waals surface area contributed by atoms with E-state index in [0.29, 0.717) is 36.1 Å². The molecule has 0 unspecified atom stereocenters. The average Bonchev–Trinajstić information content (AvgIpc) is 2.75. The van der Waals surface area contributed by atoms with Gasteiger partial charge in [-0.1, -0.05) is 26.1 Å². The van der Waals surface area contributed by atoms with E-state index in [1.54, 1.807) is 4.90 Å². The summed E-state index contributed by atoms with van der Waals surface area (Å²) in [5, 5.41) is 9.83. The van der Waals surface area contributed by atoms with Crippen molar-refractivity contribution >= 4 is 23.1 Å². The van der Waals surface area contributed by atoms with Gasteiger partial charge in [-0.05, 0) is 5.92 Å². The molecule has 17 heavy (non-hydrogen) atoms. The van der Waals surface area contributed by atoms with Gasteiger partial charge >= 0.3 is 0 Å². The Morgan fingerprint density at radius 2 is 2.35 bits per heavy atom. The van der Waals surface area contributed by atoms with Crippen LogP contribution in [0.1, 0.15) is 30.8 Å². The van der Waals surface area contributed by atoms with Gasteiger partial charge in [-0.3, -0.25) is 4.79 Å². The normalized spacial score (nSPS) is 10.5. The molecule has 0 atom stereocenters. The van der Waals surface area contributed by atoms with Crippen molar-refractivity contribution in [1.82, 2.24) is 20.3 Å². The van der Waals surface area contributed by atoms with Gasteiger partial charge < -0.3 is 10.6 Å². The smallest absolute Gasteiger partial charge is 0.276 e. The quantitative estimate of drug-likeness (QED) is 0.726. The third-order valence-electron chi connectivity index (χ3n) is 2.14. The maximum absolute atomic E-state index is 12.1. The van der Waals surface area contributed by atoms with Crippen LogP contribution in [0.4, 0.5) is 0 Å². The summed E-state index contributed by atoms with van der Waals surface area (Å²) >= 11 is 4.82. The number of nitrogens with one attached hydrogen (secondary N) is 1. The van der Waals surface area contributed by atoms with Crippen LogP contribution in [0.5, 0.6) is 0 Å². The largest absolute Gasteiger partial charge is 0.393 e. The third-order valence-corrected chi connectivity index (χ3v) is 2.34. The van der Waals surface area contributed by atoms with Crippen LogP contribution in [0, 0.1) is 5.92 Å². The van der Waals surface area contributed by atoms with Crippen molar-refractivity contribution in [3.8, 4) is 0 Å². The molecule has 3 N–H and O–H groups in total. The first-order chi connectivity index (χ1) is 8.00. The number of aromatic nitrogens is 3. The van der Waals surface area contributed by atoms with Gasteiger partial charge in [-0.15, -0.1) is 0 Å². The highest BCUT2D eigenvalue weighted by molar-refractivity contribution is 7.80. The molecule has 0 aliphatic heterocycles. The number of carbonyl (C=O) groups is 1. The molecule has 1 heterocycles. The zero-order valence-electron chi connectivity index (χ0n) is 10.0. The number of nitrogens with two attached hydrogens (primary N) is 1. The first-order valence-corrected chi connectivity index (χ1v) is 5.85. The zero-order valence-corrected chi connectivity index (χ0v) is 10.8. The number of carbonyl (C=O) groups excluding carboxylic acids is 1. The van der Waals surface area contributed by atoms with E-state index in [1.165, 1.54) is 6.20 Å². The molecule has 1 aromatic rings. The minimum Gasteiger partial charge on any atom is -0.393 e. The third kappa shape index (κ3) is 4.48. The average molecular weight is 255 g/mol. The van der Waals surface area contributed by atoms with Crippen LogP contribution < -0.4 is 5.73 Å². The lowest BCUT2D eigenvalue weighted by atomic mass is 10.2. The van der Waals surface area contributed by atoms with E-state index < -0.39 is 0 Å². The van der Waals surface area contributed by atoms with Crippen LogP contribution >= 0.6 is 12.2 Å². The maximum Gasteiger partial charge on any atom is 0.276 e. The number of nitrogens with zero attached hydrogens (tertiary/aromatic N) is 3. The minimum atomic E-state index is -0.149. The summed E-state index contributed by atoms with van der Waals surface area (Å²) in [5.41, 5.74) is 5.76. The molecule has 94 valence electrons. The Morgan fingerprint density at radius 3 is 2.82 bits per heavy atom. The fourth-order valence-corrected chi connectivity index (χ4v) is 1.52. The van der Waals surface area contributed by atoms with Gasteiger partial charge in [0.25, 0.3) is 5.91 Å². The number of thiocarbonyl (C=S) groups is 1. The Labute approximate surface area is 106 Å². The van der Waals surface area contributed by atoms with Crippen LogP contribution in [0.25, 0.3) is 0 Å². The summed E-state index contributed by atoms with van der Waals surface area (Å²) in [5.74, 6) is 0.223. The number of hydrogen-bond donors (Lipinski definition) is 2. The molecule has 0 radical (unpaired) electrons. The second-order valence-electron chi connectivity index (χ2n) is 4.22. The lowest BCUT2D eigenvalue weighted by molar-refractivity contribution is 0.0735. The topological polar surface area (TPSA) is 87.9 Å². The highest BCUT2D eigenvalue weighted by Crippen LogP contribution is 2.05. The van der Waals surface area contributed by atoms with Gasteiger partial charge in [0.2, 0.25) is 0 Å². The van der Waals surface area contributed by atoms with E-state index in [1.807, 2.05) is 13.8 Å². The molecule has 1 aromatic heterocycles. The van der Waals surface area contributed by atoms with Gasteiger partial charge in [0.1, 0.15) is 0 Å². The summed E-state index contributed by atoms with van der Waals surface area (Å²) in [7, 11) is 0. The summed E-state index contributed by atoms with van der Waals surface area (Å²) in [6.45, 7) is 5.25. The monoisotopic (exact) mass is 255 g/mol. The summed E-state index contributed by atoms with van der Waals surface area (Å²) < 4.78 is 0. The molecule has 0 aliphatic rings.